The van der Waals surface area contributed by atoms with Crippen LogP contribution < -0.4 is 5.32 Å². The number of halogens is 3. The third-order valence-electron chi connectivity index (χ3n) is 4.24. The van der Waals surface area contributed by atoms with Gasteiger partial charge in [0.1, 0.15) is 12.3 Å². The number of benzene rings is 3. The minimum absolute atomic E-state index is 0.179. The van der Waals surface area contributed by atoms with E-state index in [2.05, 4.69) is 5.32 Å². The van der Waals surface area contributed by atoms with E-state index in [1.54, 1.807) is 66.7 Å². The van der Waals surface area contributed by atoms with Gasteiger partial charge in [0.05, 0.1) is 0 Å². The highest BCUT2D eigenvalue weighted by Crippen LogP contribution is 2.26. The van der Waals surface area contributed by atoms with Gasteiger partial charge in [0.15, 0.2) is 0 Å². The second-order valence-electron chi connectivity index (χ2n) is 6.42. The van der Waals surface area contributed by atoms with Crippen LogP contribution in [0, 0.1) is 10.8 Å². The fourth-order valence-corrected chi connectivity index (χ4v) is 3.45. The minimum atomic E-state index is -1.20. The fraction of sp³-hybridized carbons (Fsp3) is 0.0909. The largest absolute Gasteiger partial charge is 0.423 e. The van der Waals surface area contributed by atoms with Gasteiger partial charge >= 0.3 is 0 Å². The van der Waals surface area contributed by atoms with Gasteiger partial charge in [0.25, 0.3) is 0 Å². The van der Waals surface area contributed by atoms with Crippen LogP contribution in [0.15, 0.2) is 72.8 Å². The van der Waals surface area contributed by atoms with Gasteiger partial charge in [-0.15, -0.1) is 0 Å². The van der Waals surface area contributed by atoms with Gasteiger partial charge < -0.3 is 9.84 Å². The van der Waals surface area contributed by atoms with Crippen LogP contribution in [-0.4, -0.2) is 16.9 Å². The number of ether oxygens (including phenoxy) is 1. The van der Waals surface area contributed by atoms with Crippen molar-refractivity contribution in [2.45, 2.75) is 12.3 Å². The van der Waals surface area contributed by atoms with Gasteiger partial charge in [0, 0.05) is 20.6 Å². The van der Waals surface area contributed by atoms with E-state index in [9.17, 15) is 5.11 Å². The van der Waals surface area contributed by atoms with E-state index in [0.717, 1.165) is 0 Å². The van der Waals surface area contributed by atoms with Crippen molar-refractivity contribution in [1.82, 2.24) is 5.32 Å². The molecular formula is C22H18Cl3N3O2. The van der Waals surface area contributed by atoms with Crippen LogP contribution in [0.1, 0.15) is 29.0 Å². The second-order valence-corrected chi connectivity index (χ2v) is 7.73. The first-order valence-corrected chi connectivity index (χ1v) is 10.0. The lowest BCUT2D eigenvalue weighted by Crippen LogP contribution is -2.34. The zero-order valence-corrected chi connectivity index (χ0v) is 17.8. The van der Waals surface area contributed by atoms with Crippen LogP contribution in [0.4, 0.5) is 0 Å². The molecule has 0 saturated carbocycles. The maximum absolute atomic E-state index is 10.7. The maximum atomic E-state index is 10.7. The van der Waals surface area contributed by atoms with Crippen molar-refractivity contribution in [1.29, 1.82) is 10.8 Å². The molecule has 3 rings (SSSR count). The van der Waals surface area contributed by atoms with E-state index in [1.807, 2.05) is 6.07 Å². The van der Waals surface area contributed by atoms with E-state index < -0.39 is 12.3 Å². The molecule has 2 unspecified atom stereocenters. The van der Waals surface area contributed by atoms with Crippen molar-refractivity contribution < 1.29 is 9.84 Å². The fourth-order valence-electron chi connectivity index (χ4n) is 2.78. The predicted molar refractivity (Wildman–Crippen MR) is 121 cm³/mol. The molecule has 30 heavy (non-hydrogen) atoms. The summed E-state index contributed by atoms with van der Waals surface area (Å²) in [5, 5.41) is 31.5. The number of rotatable bonds is 6. The highest BCUT2D eigenvalue weighted by Gasteiger charge is 2.24. The maximum Gasteiger partial charge on any atom is 0.220 e. The van der Waals surface area contributed by atoms with Gasteiger partial charge in [0.2, 0.25) is 11.8 Å². The van der Waals surface area contributed by atoms with Crippen LogP contribution in [0.2, 0.25) is 15.1 Å². The summed E-state index contributed by atoms with van der Waals surface area (Å²) >= 11 is 18.0. The van der Waals surface area contributed by atoms with Crippen molar-refractivity contribution in [3.8, 4) is 0 Å². The van der Waals surface area contributed by atoms with Gasteiger partial charge in [-0.25, -0.2) is 0 Å². The molecule has 0 saturated heterocycles. The number of hydrogen-bond donors (Lipinski definition) is 4. The number of nitrogens with one attached hydrogen (secondary N) is 3. The first-order valence-electron chi connectivity index (χ1n) is 8.89. The smallest absolute Gasteiger partial charge is 0.220 e. The Morgan fingerprint density at radius 3 is 2.00 bits per heavy atom. The Balaban J connectivity index is 1.85. The average molecular weight is 463 g/mol. The summed E-state index contributed by atoms with van der Waals surface area (Å²) in [7, 11) is 0. The SMILES string of the molecule is N=C(OC(=N)C(NC(O)c1cc(Cl)cc(Cl)c1)c1ccc(Cl)cc1)c1ccccc1. The molecule has 0 spiro atoms. The average Bonchev–Trinajstić information content (AvgIpc) is 2.72. The molecular weight excluding hydrogens is 445 g/mol. The molecule has 4 N–H and O–H groups in total. The normalized spacial score (nSPS) is 12.8. The monoisotopic (exact) mass is 461 g/mol. The highest BCUT2D eigenvalue weighted by atomic mass is 35.5. The van der Waals surface area contributed by atoms with E-state index in [-0.39, 0.29) is 11.8 Å². The molecule has 0 radical (unpaired) electrons. The molecule has 0 aliphatic heterocycles. The number of aliphatic hydroxyl groups excluding tert-OH is 1. The van der Waals surface area contributed by atoms with Crippen LogP contribution in [0.3, 0.4) is 0 Å². The molecule has 8 heteroatoms. The third-order valence-corrected chi connectivity index (χ3v) is 4.93. The van der Waals surface area contributed by atoms with Crippen LogP contribution >= 0.6 is 34.8 Å². The van der Waals surface area contributed by atoms with Gasteiger partial charge in [-0.1, -0.05) is 65.1 Å². The summed E-state index contributed by atoms with van der Waals surface area (Å²) in [6, 6.07) is 19.4. The molecule has 3 aromatic rings. The Hall–Kier alpha value is -2.41. The minimum Gasteiger partial charge on any atom is -0.423 e. The molecule has 154 valence electrons. The molecule has 0 bridgehead atoms. The highest BCUT2D eigenvalue weighted by molar-refractivity contribution is 6.34. The van der Waals surface area contributed by atoms with Crippen LogP contribution in [0.5, 0.6) is 0 Å². The van der Waals surface area contributed by atoms with Gasteiger partial charge in [-0.3, -0.25) is 16.1 Å². The molecule has 2 atom stereocenters. The van der Waals surface area contributed by atoms with E-state index in [4.69, 9.17) is 50.4 Å². The Morgan fingerprint density at radius 2 is 1.40 bits per heavy atom. The Labute approximate surface area is 189 Å². The molecule has 0 aliphatic rings. The summed E-state index contributed by atoms with van der Waals surface area (Å²) in [5.74, 6) is -0.444. The first-order chi connectivity index (χ1) is 14.3. The summed E-state index contributed by atoms with van der Waals surface area (Å²) in [6.07, 6.45) is -1.20. The van der Waals surface area contributed by atoms with Crippen molar-refractivity contribution in [2.24, 2.45) is 0 Å². The molecule has 0 aromatic heterocycles. The second kappa shape index (κ2) is 10.1. The van der Waals surface area contributed by atoms with E-state index in [1.165, 1.54) is 0 Å². The van der Waals surface area contributed by atoms with Crippen LogP contribution in [-0.2, 0) is 4.74 Å². The van der Waals surface area contributed by atoms with Gasteiger partial charge in [-0.2, -0.15) is 0 Å². The molecule has 0 amide bonds. The first kappa shape index (κ1) is 22.3. The zero-order chi connectivity index (χ0) is 21.7. The topological polar surface area (TPSA) is 89.2 Å². The van der Waals surface area contributed by atoms with Crippen molar-refractivity contribution in [3.63, 3.8) is 0 Å². The van der Waals surface area contributed by atoms with Crippen molar-refractivity contribution >= 4 is 46.6 Å². The lowest BCUT2D eigenvalue weighted by Gasteiger charge is -2.24. The quantitative estimate of drug-likeness (QED) is 0.206. The summed E-state index contributed by atoms with van der Waals surface area (Å²) < 4.78 is 5.48. The van der Waals surface area contributed by atoms with E-state index in [0.29, 0.717) is 31.8 Å². The van der Waals surface area contributed by atoms with Crippen molar-refractivity contribution in [2.75, 3.05) is 0 Å². The van der Waals surface area contributed by atoms with Crippen LogP contribution in [0.25, 0.3) is 0 Å². The molecule has 0 aliphatic carbocycles. The Morgan fingerprint density at radius 1 is 0.800 bits per heavy atom. The lowest BCUT2D eigenvalue weighted by atomic mass is 10.1. The molecule has 3 aromatic carbocycles. The lowest BCUT2D eigenvalue weighted by molar-refractivity contribution is 0.130. The zero-order valence-electron chi connectivity index (χ0n) is 15.6. The Bertz CT molecular complexity index is 1020. The third kappa shape index (κ3) is 5.81. The van der Waals surface area contributed by atoms with Gasteiger partial charge in [-0.05, 0) is 53.6 Å². The molecule has 0 fully saturated rings. The number of hydrogen-bond acceptors (Lipinski definition) is 5. The summed E-state index contributed by atoms with van der Waals surface area (Å²) in [6.45, 7) is 0. The summed E-state index contributed by atoms with van der Waals surface area (Å²) in [5.41, 5.74) is 1.58. The number of aliphatic hydroxyl groups is 1. The van der Waals surface area contributed by atoms with Crippen molar-refractivity contribution in [3.05, 3.63) is 105 Å². The summed E-state index contributed by atoms with van der Waals surface area (Å²) in [4.78, 5) is 0. The standard InChI is InChI=1S/C22H18Cl3N3O2/c23-16-8-6-13(7-9-16)19(21(27)30-20(26)14-4-2-1-3-5-14)28-22(29)15-10-17(24)12-18(25)11-15/h1-12,19,22,26-29H. The Kier molecular flexibility index (Phi) is 7.48. The van der Waals surface area contributed by atoms with E-state index >= 15 is 0 Å². The molecule has 5 nitrogen and oxygen atoms in total. The molecule has 0 heterocycles. The predicted octanol–water partition coefficient (Wildman–Crippen LogP) is 5.99.